The molecule has 0 aromatic heterocycles. The summed E-state index contributed by atoms with van der Waals surface area (Å²) < 4.78 is 68.6. The topological polar surface area (TPSA) is 237 Å². The third-order valence-electron chi connectivity index (χ3n) is 18.6. The molecule has 3 N–H and O–H groups in total. The first-order valence-electron chi connectivity index (χ1n) is 41.3. The Bertz CT molecular complexity index is 1920. The minimum atomic E-state index is -4.96. The highest BCUT2D eigenvalue weighted by Gasteiger charge is 2.30. The second-order valence-corrected chi connectivity index (χ2v) is 33.1. The Morgan fingerprint density at radius 3 is 0.687 bits per heavy atom. The second kappa shape index (κ2) is 70.4. The van der Waals surface area contributed by atoms with Gasteiger partial charge in [0.2, 0.25) is 0 Å². The largest absolute Gasteiger partial charge is 0.472 e. The summed E-state index contributed by atoms with van der Waals surface area (Å²) in [7, 11) is -9.92. The Balaban J connectivity index is 5.20. The molecule has 0 aliphatic rings. The van der Waals surface area contributed by atoms with Crippen molar-refractivity contribution in [2.75, 3.05) is 39.6 Å². The number of phosphoric ester groups is 2. The zero-order valence-electron chi connectivity index (χ0n) is 65.0. The van der Waals surface area contributed by atoms with Crippen LogP contribution >= 0.6 is 15.6 Å². The molecular weight excluding hydrogens is 1290 g/mol. The molecule has 0 heterocycles. The lowest BCUT2D eigenvalue weighted by Gasteiger charge is -2.21. The van der Waals surface area contributed by atoms with E-state index in [9.17, 15) is 43.2 Å². The summed E-state index contributed by atoms with van der Waals surface area (Å²) in [6, 6.07) is 0. The minimum Gasteiger partial charge on any atom is -0.462 e. The zero-order chi connectivity index (χ0) is 73.0. The number of phosphoric acid groups is 2. The van der Waals surface area contributed by atoms with E-state index in [-0.39, 0.29) is 25.7 Å². The van der Waals surface area contributed by atoms with Gasteiger partial charge < -0.3 is 33.8 Å². The maximum absolute atomic E-state index is 13.1. The van der Waals surface area contributed by atoms with E-state index in [1.807, 2.05) is 0 Å². The number of esters is 4. The molecule has 99 heavy (non-hydrogen) atoms. The molecule has 0 saturated heterocycles. The Hall–Kier alpha value is -1.94. The number of hydrogen-bond donors (Lipinski definition) is 3. The Morgan fingerprint density at radius 1 is 0.273 bits per heavy atom. The van der Waals surface area contributed by atoms with Gasteiger partial charge in [0.1, 0.15) is 19.3 Å². The summed E-state index contributed by atoms with van der Waals surface area (Å²) in [5.41, 5.74) is 0. The monoisotopic (exact) mass is 1450 g/mol. The standard InChI is InChI=1S/C80H156O17P2/c1-8-9-10-11-12-13-14-15-16-17-18-19-20-21-22-23-24-25-34-42-49-56-63-79(84)96-75(67-90-77(82)61-54-47-40-33-27-26-30-37-44-51-58-71(2)3)69-94-98(86,87)92-65-74(81)66-93-99(88,89)95-70-76(97-80(85)64-57-50-43-36-29-32-39-46-53-60-73(6)7)68-91-78(83)62-55-48-41-35-28-31-38-45-52-59-72(4)5/h71-76,81H,8-70H2,1-7H3,(H,86,87)(H,88,89)/t74-,75-,76-/m1/s1. The molecule has 0 aliphatic carbocycles. The lowest BCUT2D eigenvalue weighted by atomic mass is 10.0. The Kier molecular flexibility index (Phi) is 69.0. The molecule has 0 saturated carbocycles. The predicted octanol–water partition coefficient (Wildman–Crippen LogP) is 23.7. The summed E-state index contributed by atoms with van der Waals surface area (Å²) in [6.45, 7) is 11.9. The first kappa shape index (κ1) is 97.1. The molecule has 19 heteroatoms. The van der Waals surface area contributed by atoms with Crippen molar-refractivity contribution in [3.05, 3.63) is 0 Å². The molecule has 5 atom stereocenters. The molecule has 0 bridgehead atoms. The summed E-state index contributed by atoms with van der Waals surface area (Å²) in [5.74, 6) is 0.123. The minimum absolute atomic E-state index is 0.105. The SMILES string of the molecule is CCCCCCCCCCCCCCCCCCCCCCCCC(=O)O[C@H](COC(=O)CCCCCCCCCCCCC(C)C)COP(=O)(O)OC[C@@H](O)COP(=O)(O)OC[C@@H](COC(=O)CCCCCCCCCCCC(C)C)OC(=O)CCCCCCCCCCCC(C)C. The highest BCUT2D eigenvalue weighted by atomic mass is 31.2. The maximum Gasteiger partial charge on any atom is 0.472 e. The van der Waals surface area contributed by atoms with Gasteiger partial charge in [-0.15, -0.1) is 0 Å². The Labute approximate surface area is 607 Å². The van der Waals surface area contributed by atoms with Crippen LogP contribution in [0.4, 0.5) is 0 Å². The molecular formula is C80H156O17P2. The van der Waals surface area contributed by atoms with Gasteiger partial charge in [-0.1, -0.05) is 363 Å². The van der Waals surface area contributed by atoms with Crippen LogP contribution in [-0.2, 0) is 65.4 Å². The van der Waals surface area contributed by atoms with Gasteiger partial charge in [0.05, 0.1) is 26.4 Å². The zero-order valence-corrected chi connectivity index (χ0v) is 66.8. The van der Waals surface area contributed by atoms with Crippen LogP contribution in [0.1, 0.15) is 414 Å². The molecule has 0 rings (SSSR count). The van der Waals surface area contributed by atoms with E-state index in [0.717, 1.165) is 108 Å². The van der Waals surface area contributed by atoms with Crippen molar-refractivity contribution in [3.63, 3.8) is 0 Å². The fraction of sp³-hybridized carbons (Fsp3) is 0.950. The molecule has 0 amide bonds. The van der Waals surface area contributed by atoms with Gasteiger partial charge in [0, 0.05) is 25.7 Å². The first-order valence-corrected chi connectivity index (χ1v) is 44.3. The smallest absolute Gasteiger partial charge is 0.462 e. The highest BCUT2D eigenvalue weighted by Crippen LogP contribution is 2.45. The number of unbranched alkanes of at least 4 members (excludes halogenated alkanes) is 46. The average Bonchev–Trinajstić information content (AvgIpc) is 0.981. The van der Waals surface area contributed by atoms with Crippen LogP contribution in [0.25, 0.3) is 0 Å². The van der Waals surface area contributed by atoms with Gasteiger partial charge in [0.15, 0.2) is 12.2 Å². The van der Waals surface area contributed by atoms with Gasteiger partial charge >= 0.3 is 39.5 Å². The third kappa shape index (κ3) is 74.1. The van der Waals surface area contributed by atoms with Crippen LogP contribution in [0.3, 0.4) is 0 Å². The van der Waals surface area contributed by atoms with E-state index < -0.39 is 97.5 Å². The van der Waals surface area contributed by atoms with Crippen LogP contribution < -0.4 is 0 Å². The number of aliphatic hydroxyl groups is 1. The molecule has 588 valence electrons. The lowest BCUT2D eigenvalue weighted by molar-refractivity contribution is -0.161. The number of carbonyl (C=O) groups is 4. The van der Waals surface area contributed by atoms with Crippen LogP contribution in [-0.4, -0.2) is 96.7 Å². The first-order chi connectivity index (χ1) is 47.7. The Morgan fingerprint density at radius 2 is 0.465 bits per heavy atom. The van der Waals surface area contributed by atoms with E-state index >= 15 is 0 Å². The van der Waals surface area contributed by atoms with Gasteiger partial charge in [0.25, 0.3) is 0 Å². The molecule has 0 radical (unpaired) electrons. The van der Waals surface area contributed by atoms with E-state index in [1.165, 1.54) is 225 Å². The summed E-state index contributed by atoms with van der Waals surface area (Å²) in [6.07, 6.45) is 58.5. The van der Waals surface area contributed by atoms with Crippen molar-refractivity contribution >= 4 is 39.5 Å². The molecule has 0 aliphatic heterocycles. The quantitative estimate of drug-likeness (QED) is 0.0222. The number of hydrogen-bond acceptors (Lipinski definition) is 15. The molecule has 0 aromatic carbocycles. The molecule has 0 fully saturated rings. The van der Waals surface area contributed by atoms with E-state index in [1.54, 1.807) is 0 Å². The molecule has 17 nitrogen and oxygen atoms in total. The van der Waals surface area contributed by atoms with Crippen molar-refractivity contribution < 1.29 is 80.2 Å². The van der Waals surface area contributed by atoms with E-state index in [4.69, 9.17) is 37.0 Å². The summed E-state index contributed by atoms with van der Waals surface area (Å²) in [4.78, 5) is 72.9. The normalized spacial score (nSPS) is 14.0. The van der Waals surface area contributed by atoms with Gasteiger partial charge in [-0.2, -0.15) is 0 Å². The maximum atomic E-state index is 13.1. The molecule has 0 aromatic rings. The van der Waals surface area contributed by atoms with Crippen LogP contribution in [0.15, 0.2) is 0 Å². The number of carbonyl (C=O) groups excluding carboxylic acids is 4. The fourth-order valence-corrected chi connectivity index (χ4v) is 13.9. The summed E-state index contributed by atoms with van der Waals surface area (Å²) in [5, 5.41) is 10.6. The molecule has 0 spiro atoms. The van der Waals surface area contributed by atoms with Crippen molar-refractivity contribution in [1.29, 1.82) is 0 Å². The average molecular weight is 1450 g/mol. The fourth-order valence-electron chi connectivity index (χ4n) is 12.3. The van der Waals surface area contributed by atoms with Crippen LogP contribution in [0, 0.1) is 17.8 Å². The van der Waals surface area contributed by atoms with Crippen molar-refractivity contribution in [1.82, 2.24) is 0 Å². The van der Waals surface area contributed by atoms with Gasteiger partial charge in [-0.05, 0) is 43.4 Å². The predicted molar refractivity (Wildman–Crippen MR) is 405 cm³/mol. The number of rotatable bonds is 78. The van der Waals surface area contributed by atoms with Crippen molar-refractivity contribution in [3.8, 4) is 0 Å². The lowest BCUT2D eigenvalue weighted by Crippen LogP contribution is -2.30. The number of aliphatic hydroxyl groups excluding tert-OH is 1. The van der Waals surface area contributed by atoms with Crippen LogP contribution in [0.2, 0.25) is 0 Å². The molecule has 2 unspecified atom stereocenters. The third-order valence-corrected chi connectivity index (χ3v) is 20.5. The van der Waals surface area contributed by atoms with E-state index in [2.05, 4.69) is 48.5 Å². The van der Waals surface area contributed by atoms with Crippen molar-refractivity contribution in [2.45, 2.75) is 433 Å². The summed E-state index contributed by atoms with van der Waals surface area (Å²) >= 11 is 0. The highest BCUT2D eigenvalue weighted by molar-refractivity contribution is 7.47. The van der Waals surface area contributed by atoms with Gasteiger partial charge in [-0.25, -0.2) is 9.13 Å². The number of ether oxygens (including phenoxy) is 4. The van der Waals surface area contributed by atoms with Crippen LogP contribution in [0.5, 0.6) is 0 Å². The van der Waals surface area contributed by atoms with Gasteiger partial charge in [-0.3, -0.25) is 37.3 Å². The van der Waals surface area contributed by atoms with E-state index in [0.29, 0.717) is 25.7 Å². The second-order valence-electron chi connectivity index (χ2n) is 30.2. The van der Waals surface area contributed by atoms with Crippen molar-refractivity contribution in [2.24, 2.45) is 17.8 Å².